The maximum atomic E-state index is 11.3. The van der Waals surface area contributed by atoms with Crippen LogP contribution in [0.2, 0.25) is 5.15 Å². The second kappa shape index (κ2) is 5.76. The summed E-state index contributed by atoms with van der Waals surface area (Å²) in [5, 5.41) is 19.5. The van der Waals surface area contributed by atoms with Crippen LogP contribution in [0.15, 0.2) is 11.3 Å². The molecule has 0 bridgehead atoms. The third-order valence-electron chi connectivity index (χ3n) is 3.34. The van der Waals surface area contributed by atoms with Crippen molar-refractivity contribution in [1.29, 1.82) is 0 Å². The number of carbonyl (C=O) groups is 1. The minimum Gasteiger partial charge on any atom is -0.394 e. The molecule has 22 heavy (non-hydrogen) atoms. The Morgan fingerprint density at radius 3 is 3.09 bits per heavy atom. The number of ether oxygens (including phenoxy) is 1. The van der Waals surface area contributed by atoms with Crippen molar-refractivity contribution in [3.8, 4) is 0 Å². The number of H-pyrrole nitrogens is 1. The summed E-state index contributed by atoms with van der Waals surface area (Å²) in [4.78, 5) is 26.1. The maximum absolute atomic E-state index is 11.3. The van der Waals surface area contributed by atoms with Gasteiger partial charge in [-0.15, -0.1) is 0 Å². The van der Waals surface area contributed by atoms with E-state index in [1.165, 1.54) is 17.8 Å². The molecule has 3 rings (SSSR count). The van der Waals surface area contributed by atoms with Crippen LogP contribution >= 0.6 is 11.6 Å². The minimum atomic E-state index is -0.914. The van der Waals surface area contributed by atoms with E-state index in [1.807, 2.05) is 0 Å². The highest BCUT2D eigenvalue weighted by atomic mass is 35.5. The molecule has 10 heteroatoms. The normalized spacial score (nSPS) is 26.0. The van der Waals surface area contributed by atoms with Crippen molar-refractivity contribution in [2.45, 2.75) is 31.8 Å². The molecule has 0 spiro atoms. The summed E-state index contributed by atoms with van der Waals surface area (Å²) in [6, 6.07) is 0. The highest BCUT2D eigenvalue weighted by Crippen LogP contribution is 2.31. The third kappa shape index (κ3) is 2.52. The van der Waals surface area contributed by atoms with Crippen LogP contribution in [0, 0.1) is 0 Å². The van der Waals surface area contributed by atoms with E-state index in [4.69, 9.17) is 16.3 Å². The lowest BCUT2D eigenvalue weighted by Gasteiger charge is -2.20. The van der Waals surface area contributed by atoms with Gasteiger partial charge in [0.25, 0.3) is 0 Å². The number of fused-ring (bicyclic) bond motifs is 1. The Kier molecular flexibility index (Phi) is 3.96. The summed E-state index contributed by atoms with van der Waals surface area (Å²) in [7, 11) is 0. The summed E-state index contributed by atoms with van der Waals surface area (Å²) in [6.07, 6.45) is -0.685. The summed E-state index contributed by atoms with van der Waals surface area (Å²) < 4.78 is 6.89. The van der Waals surface area contributed by atoms with Crippen molar-refractivity contribution in [2.24, 2.45) is 4.99 Å². The number of aliphatic hydroxyl groups excluding tert-OH is 2. The summed E-state index contributed by atoms with van der Waals surface area (Å²) in [5.74, 6) is -0.474. The molecule has 0 aromatic carbocycles. The molecule has 2 aromatic rings. The van der Waals surface area contributed by atoms with Gasteiger partial charge in [0.05, 0.1) is 19.0 Å². The van der Waals surface area contributed by atoms with Crippen LogP contribution in [0.4, 0.5) is 0 Å². The van der Waals surface area contributed by atoms with Gasteiger partial charge >= 0.3 is 0 Å². The standard InChI is InChI=1S/C12H14ClN5O4/c1-5(20)16-12-17-10-8(14-4-15-10)9(13)18(12)11-7(21)2-6(3-19)22-11/h4,6-7,11,19,21H,2-3H2,1H3,(H,14,15,16,17,20)/t6-,7+,11+/m0/s1. The molecule has 1 fully saturated rings. The molecule has 0 saturated carbocycles. The van der Waals surface area contributed by atoms with Gasteiger partial charge in [-0.3, -0.25) is 9.36 Å². The second-order valence-corrected chi connectivity index (χ2v) is 5.30. The molecule has 0 aliphatic carbocycles. The average Bonchev–Trinajstić information content (AvgIpc) is 3.05. The predicted octanol–water partition coefficient (Wildman–Crippen LogP) is -0.499. The van der Waals surface area contributed by atoms with Crippen LogP contribution in [0.3, 0.4) is 0 Å². The van der Waals surface area contributed by atoms with Gasteiger partial charge in [-0.1, -0.05) is 11.6 Å². The molecule has 0 radical (unpaired) electrons. The second-order valence-electron chi connectivity index (χ2n) is 4.94. The predicted molar refractivity (Wildman–Crippen MR) is 74.8 cm³/mol. The number of hydrogen-bond donors (Lipinski definition) is 3. The number of imidazole rings is 1. The van der Waals surface area contributed by atoms with Crippen molar-refractivity contribution in [2.75, 3.05) is 6.61 Å². The van der Waals surface area contributed by atoms with Gasteiger partial charge in [0.1, 0.15) is 16.8 Å². The van der Waals surface area contributed by atoms with Gasteiger partial charge in [-0.25, -0.2) is 4.98 Å². The van der Waals surface area contributed by atoms with Crippen molar-refractivity contribution in [3.05, 3.63) is 17.1 Å². The molecular weight excluding hydrogens is 314 g/mol. The maximum Gasteiger partial charge on any atom is 0.245 e. The number of nitrogens with one attached hydrogen (secondary N) is 1. The highest BCUT2D eigenvalue weighted by molar-refractivity contribution is 6.33. The zero-order valence-corrected chi connectivity index (χ0v) is 12.4. The van der Waals surface area contributed by atoms with Gasteiger partial charge in [0, 0.05) is 13.3 Å². The number of nitrogens with zero attached hydrogens (tertiary/aromatic N) is 4. The van der Waals surface area contributed by atoms with Gasteiger partial charge in [0.2, 0.25) is 11.5 Å². The van der Waals surface area contributed by atoms with E-state index >= 15 is 0 Å². The first-order valence-electron chi connectivity index (χ1n) is 6.62. The SMILES string of the molecule is CC(=O)N=c1nc2nc[nH]c2c(Cl)n1[C@@H]1O[C@H](CO)C[C@H]1O. The molecule has 1 aliphatic rings. The van der Waals surface area contributed by atoms with E-state index in [9.17, 15) is 15.0 Å². The van der Waals surface area contributed by atoms with Crippen molar-refractivity contribution in [1.82, 2.24) is 19.5 Å². The zero-order valence-electron chi connectivity index (χ0n) is 11.6. The number of rotatable bonds is 2. The molecule has 9 nitrogen and oxygen atoms in total. The molecule has 3 heterocycles. The number of hydrogen-bond acceptors (Lipinski definition) is 6. The molecule has 3 N–H and O–H groups in total. The Labute approximate surface area is 129 Å². The van der Waals surface area contributed by atoms with Crippen molar-refractivity contribution < 1.29 is 19.7 Å². The first-order valence-corrected chi connectivity index (χ1v) is 7.00. The largest absolute Gasteiger partial charge is 0.394 e. The van der Waals surface area contributed by atoms with E-state index in [1.54, 1.807) is 0 Å². The number of aliphatic hydroxyl groups is 2. The van der Waals surface area contributed by atoms with Crippen LogP contribution in [0.5, 0.6) is 0 Å². The Hall–Kier alpha value is -1.81. The first kappa shape index (κ1) is 15.1. The number of aromatic amines is 1. The Balaban J connectivity index is 2.22. The molecule has 3 atom stereocenters. The fourth-order valence-corrected chi connectivity index (χ4v) is 2.72. The molecule has 118 valence electrons. The topological polar surface area (TPSA) is 126 Å². The zero-order chi connectivity index (χ0) is 15.9. The molecular formula is C12H14ClN5O4. The van der Waals surface area contributed by atoms with E-state index in [2.05, 4.69) is 19.9 Å². The number of amides is 1. The van der Waals surface area contributed by atoms with E-state index in [0.717, 1.165) is 0 Å². The number of aromatic nitrogens is 4. The summed E-state index contributed by atoms with van der Waals surface area (Å²) >= 11 is 6.33. The molecule has 1 aliphatic heterocycles. The Morgan fingerprint density at radius 1 is 1.68 bits per heavy atom. The number of carbonyl (C=O) groups excluding carboxylic acids is 1. The van der Waals surface area contributed by atoms with Gasteiger partial charge < -0.3 is 19.9 Å². The Bertz CT molecular complexity index is 785. The molecule has 1 amide bonds. The number of halogens is 1. The van der Waals surface area contributed by atoms with E-state index < -0.39 is 24.3 Å². The van der Waals surface area contributed by atoms with Gasteiger partial charge in [0.15, 0.2) is 11.9 Å². The monoisotopic (exact) mass is 327 g/mol. The summed E-state index contributed by atoms with van der Waals surface area (Å²) in [6.45, 7) is 1.04. The van der Waals surface area contributed by atoms with E-state index in [0.29, 0.717) is 11.2 Å². The van der Waals surface area contributed by atoms with Crippen LogP contribution in [0.1, 0.15) is 19.6 Å². The Morgan fingerprint density at radius 2 is 2.45 bits per heavy atom. The van der Waals surface area contributed by atoms with Gasteiger partial charge in [-0.2, -0.15) is 9.98 Å². The molecule has 2 aromatic heterocycles. The van der Waals surface area contributed by atoms with Crippen LogP contribution in [-0.4, -0.2) is 54.5 Å². The van der Waals surface area contributed by atoms with Crippen molar-refractivity contribution >= 4 is 28.7 Å². The fraction of sp³-hybridized carbons (Fsp3) is 0.500. The van der Waals surface area contributed by atoms with Crippen LogP contribution in [-0.2, 0) is 9.53 Å². The fourth-order valence-electron chi connectivity index (χ4n) is 2.41. The molecule has 0 unspecified atom stereocenters. The lowest BCUT2D eigenvalue weighted by atomic mass is 10.2. The first-order chi connectivity index (χ1) is 10.5. The van der Waals surface area contributed by atoms with Crippen LogP contribution in [0.25, 0.3) is 11.2 Å². The quantitative estimate of drug-likeness (QED) is 0.638. The highest BCUT2D eigenvalue weighted by Gasteiger charge is 2.36. The average molecular weight is 328 g/mol. The molecule has 1 saturated heterocycles. The van der Waals surface area contributed by atoms with Gasteiger partial charge in [-0.05, 0) is 0 Å². The minimum absolute atomic E-state index is 0.0141. The van der Waals surface area contributed by atoms with Crippen LogP contribution < -0.4 is 5.62 Å². The lowest BCUT2D eigenvalue weighted by Crippen LogP contribution is -2.34. The smallest absolute Gasteiger partial charge is 0.245 e. The van der Waals surface area contributed by atoms with Crippen molar-refractivity contribution in [3.63, 3.8) is 0 Å². The third-order valence-corrected chi connectivity index (χ3v) is 3.71. The summed E-state index contributed by atoms with van der Waals surface area (Å²) in [5.41, 5.74) is 0.722. The van der Waals surface area contributed by atoms with E-state index in [-0.39, 0.29) is 23.8 Å². The lowest BCUT2D eigenvalue weighted by molar-refractivity contribution is -0.116.